The Kier molecular flexibility index (Phi) is 6.06. The van der Waals surface area contributed by atoms with Gasteiger partial charge in [-0.25, -0.2) is 18.2 Å². The van der Waals surface area contributed by atoms with E-state index in [0.717, 1.165) is 39.9 Å². The normalized spacial score (nSPS) is 11.3. The molecule has 0 radical (unpaired) electrons. The highest BCUT2D eigenvalue weighted by atomic mass is 32.2. The van der Waals surface area contributed by atoms with Gasteiger partial charge in [-0.2, -0.15) is 0 Å². The van der Waals surface area contributed by atoms with Gasteiger partial charge in [0.25, 0.3) is 0 Å². The van der Waals surface area contributed by atoms with Gasteiger partial charge in [0, 0.05) is 28.8 Å². The van der Waals surface area contributed by atoms with Crippen LogP contribution in [-0.4, -0.2) is 19.7 Å². The van der Waals surface area contributed by atoms with Gasteiger partial charge in [0.15, 0.2) is 28.4 Å². The fraction of sp³-hybridized carbons (Fsp3) is 0.115. The van der Waals surface area contributed by atoms with Crippen molar-refractivity contribution >= 4 is 22.7 Å². The molecular weight excluding hydrogens is 457 g/mol. The van der Waals surface area contributed by atoms with Crippen molar-refractivity contribution in [3.05, 3.63) is 95.8 Å². The Morgan fingerprint density at radius 2 is 1.56 bits per heavy atom. The van der Waals surface area contributed by atoms with Crippen LogP contribution >= 0.6 is 11.8 Å². The highest BCUT2D eigenvalue weighted by molar-refractivity contribution is 7.98. The van der Waals surface area contributed by atoms with E-state index in [9.17, 15) is 13.2 Å². The molecule has 0 unspecified atom stereocenters. The van der Waals surface area contributed by atoms with Crippen molar-refractivity contribution in [3.63, 3.8) is 0 Å². The Morgan fingerprint density at radius 1 is 0.853 bits per heavy atom. The number of nitrogens with zero attached hydrogens (tertiary/aromatic N) is 4. The number of pyridine rings is 1. The lowest BCUT2D eigenvalue weighted by Crippen LogP contribution is -2.01. The Bertz CT molecular complexity index is 1460. The third-order valence-electron chi connectivity index (χ3n) is 5.47. The average Bonchev–Trinajstić information content (AvgIpc) is 3.28. The molecule has 2 aromatic heterocycles. The van der Waals surface area contributed by atoms with Gasteiger partial charge >= 0.3 is 0 Å². The largest absolute Gasteiger partial charge is 0.302 e. The molecule has 0 fully saturated rings. The average molecular weight is 477 g/mol. The van der Waals surface area contributed by atoms with Crippen molar-refractivity contribution in [2.24, 2.45) is 0 Å². The van der Waals surface area contributed by atoms with Crippen molar-refractivity contribution in [2.45, 2.75) is 24.4 Å². The topological polar surface area (TPSA) is 43.6 Å². The fourth-order valence-electron chi connectivity index (χ4n) is 3.84. The van der Waals surface area contributed by atoms with Crippen LogP contribution in [0, 0.1) is 17.5 Å². The molecule has 0 N–H and O–H groups in total. The molecule has 3 aromatic carbocycles. The second-order valence-electron chi connectivity index (χ2n) is 7.65. The summed E-state index contributed by atoms with van der Waals surface area (Å²) in [6, 6.07) is 21.8. The molecule has 5 aromatic rings. The van der Waals surface area contributed by atoms with Crippen molar-refractivity contribution in [1.29, 1.82) is 0 Å². The minimum Gasteiger partial charge on any atom is -0.302 e. The van der Waals surface area contributed by atoms with E-state index >= 15 is 0 Å². The van der Waals surface area contributed by atoms with E-state index in [0.29, 0.717) is 23.1 Å². The summed E-state index contributed by atoms with van der Waals surface area (Å²) < 4.78 is 42.4. The summed E-state index contributed by atoms with van der Waals surface area (Å²) in [5, 5.41) is 10.4. The Labute approximate surface area is 198 Å². The van der Waals surface area contributed by atoms with Crippen LogP contribution in [0.15, 0.2) is 78.0 Å². The monoisotopic (exact) mass is 476 g/mol. The smallest absolute Gasteiger partial charge is 0.194 e. The van der Waals surface area contributed by atoms with E-state index in [-0.39, 0.29) is 5.75 Å². The number of fused-ring (bicyclic) bond motifs is 1. The van der Waals surface area contributed by atoms with E-state index in [4.69, 9.17) is 4.98 Å². The maximum Gasteiger partial charge on any atom is 0.194 e. The SMILES string of the molecule is CCn1c(SCc2cc(F)c(F)c(F)c2)nnc1-c1cc(-c2ccccc2)nc2ccccc12. The molecule has 5 rings (SSSR count). The van der Waals surface area contributed by atoms with Gasteiger partial charge in [-0.3, -0.25) is 0 Å². The minimum absolute atomic E-state index is 0.221. The van der Waals surface area contributed by atoms with Gasteiger partial charge in [0.05, 0.1) is 11.2 Å². The molecule has 0 saturated carbocycles. The number of rotatable bonds is 6. The van der Waals surface area contributed by atoms with E-state index in [2.05, 4.69) is 10.2 Å². The predicted octanol–water partition coefficient (Wildman–Crippen LogP) is 6.89. The van der Waals surface area contributed by atoms with Gasteiger partial charge in [0.2, 0.25) is 0 Å². The molecule has 170 valence electrons. The lowest BCUT2D eigenvalue weighted by atomic mass is 10.0. The van der Waals surface area contributed by atoms with Crippen LogP contribution in [0.3, 0.4) is 0 Å². The van der Waals surface area contributed by atoms with Crippen LogP contribution in [0.4, 0.5) is 13.2 Å². The van der Waals surface area contributed by atoms with E-state index in [1.54, 1.807) is 0 Å². The zero-order valence-corrected chi connectivity index (χ0v) is 19.0. The van der Waals surface area contributed by atoms with Crippen LogP contribution in [0.2, 0.25) is 0 Å². The first kappa shape index (κ1) is 22.2. The van der Waals surface area contributed by atoms with Crippen LogP contribution in [0.5, 0.6) is 0 Å². The summed E-state index contributed by atoms with van der Waals surface area (Å²) in [5.74, 6) is -2.97. The number of benzene rings is 3. The van der Waals surface area contributed by atoms with Crippen molar-refractivity contribution < 1.29 is 13.2 Å². The summed E-state index contributed by atoms with van der Waals surface area (Å²) in [6.45, 7) is 2.57. The fourth-order valence-corrected chi connectivity index (χ4v) is 4.77. The Morgan fingerprint density at radius 3 is 2.29 bits per heavy atom. The third kappa shape index (κ3) is 4.17. The molecule has 8 heteroatoms. The molecular formula is C26H19F3N4S. The van der Waals surface area contributed by atoms with E-state index in [1.807, 2.05) is 72.2 Å². The predicted molar refractivity (Wildman–Crippen MR) is 128 cm³/mol. The second-order valence-corrected chi connectivity index (χ2v) is 8.59. The van der Waals surface area contributed by atoms with Crippen molar-refractivity contribution in [2.75, 3.05) is 0 Å². The van der Waals surface area contributed by atoms with Crippen LogP contribution in [-0.2, 0) is 12.3 Å². The van der Waals surface area contributed by atoms with Crippen LogP contribution in [0.25, 0.3) is 33.5 Å². The zero-order valence-electron chi connectivity index (χ0n) is 18.2. The highest BCUT2D eigenvalue weighted by Crippen LogP contribution is 2.33. The second kappa shape index (κ2) is 9.30. The molecule has 0 aliphatic heterocycles. The summed E-state index contributed by atoms with van der Waals surface area (Å²) in [6.07, 6.45) is 0. The lowest BCUT2D eigenvalue weighted by Gasteiger charge is -2.12. The number of para-hydroxylation sites is 1. The van der Waals surface area contributed by atoms with Gasteiger partial charge in [-0.1, -0.05) is 60.3 Å². The third-order valence-corrected chi connectivity index (χ3v) is 6.51. The van der Waals surface area contributed by atoms with Crippen LogP contribution < -0.4 is 0 Å². The maximum absolute atomic E-state index is 13.6. The maximum atomic E-state index is 13.6. The quantitative estimate of drug-likeness (QED) is 0.198. The summed E-state index contributed by atoms with van der Waals surface area (Å²) in [4.78, 5) is 4.83. The zero-order chi connectivity index (χ0) is 23.7. The van der Waals surface area contributed by atoms with Gasteiger partial charge in [0.1, 0.15) is 0 Å². The molecule has 34 heavy (non-hydrogen) atoms. The number of hydrogen-bond donors (Lipinski definition) is 0. The van der Waals surface area contributed by atoms with Crippen molar-refractivity contribution in [1.82, 2.24) is 19.7 Å². The van der Waals surface area contributed by atoms with Gasteiger partial charge in [-0.05, 0) is 36.8 Å². The minimum atomic E-state index is -1.47. The number of halogens is 3. The molecule has 0 aliphatic rings. The highest BCUT2D eigenvalue weighted by Gasteiger charge is 2.18. The molecule has 0 spiro atoms. The molecule has 0 bridgehead atoms. The summed E-state index contributed by atoms with van der Waals surface area (Å²) >= 11 is 1.29. The summed E-state index contributed by atoms with van der Waals surface area (Å²) in [7, 11) is 0. The van der Waals surface area contributed by atoms with E-state index < -0.39 is 17.5 Å². The summed E-state index contributed by atoms with van der Waals surface area (Å²) in [5.41, 5.74) is 3.88. The first-order chi connectivity index (χ1) is 16.5. The number of hydrogen-bond acceptors (Lipinski definition) is 4. The van der Waals surface area contributed by atoms with Gasteiger partial charge in [-0.15, -0.1) is 10.2 Å². The van der Waals surface area contributed by atoms with E-state index in [1.165, 1.54) is 11.8 Å². The number of aromatic nitrogens is 4. The molecule has 0 atom stereocenters. The molecule has 4 nitrogen and oxygen atoms in total. The Balaban J connectivity index is 1.55. The Hall–Kier alpha value is -3.65. The first-order valence-electron chi connectivity index (χ1n) is 10.7. The molecule has 0 aliphatic carbocycles. The number of thioether (sulfide) groups is 1. The van der Waals surface area contributed by atoms with Crippen molar-refractivity contribution in [3.8, 4) is 22.6 Å². The molecule has 2 heterocycles. The van der Waals surface area contributed by atoms with Gasteiger partial charge < -0.3 is 4.57 Å². The molecule has 0 amide bonds. The first-order valence-corrected chi connectivity index (χ1v) is 11.7. The standard InChI is InChI=1S/C26H19F3N4S/c1-2-33-25(31-32-26(33)34-15-16-12-20(27)24(29)21(28)13-16)19-14-23(17-8-4-3-5-9-17)30-22-11-7-6-10-18(19)22/h3-14H,2,15H2,1H3. The lowest BCUT2D eigenvalue weighted by molar-refractivity contribution is 0.446. The molecule has 0 saturated heterocycles. The van der Waals surface area contributed by atoms with Crippen LogP contribution in [0.1, 0.15) is 12.5 Å².